The van der Waals surface area contributed by atoms with Crippen molar-refractivity contribution in [2.24, 2.45) is 0 Å². The normalized spacial score (nSPS) is 13.5. The molecule has 1 aliphatic rings. The first-order valence-electron chi connectivity index (χ1n) is 7.63. The molecule has 0 saturated heterocycles. The predicted octanol–water partition coefficient (Wildman–Crippen LogP) is 2.45. The van der Waals surface area contributed by atoms with Gasteiger partial charge in [-0.25, -0.2) is 0 Å². The second kappa shape index (κ2) is 7.04. The molecule has 2 aromatic rings. The average Bonchev–Trinajstić information content (AvgIpc) is 2.74. The van der Waals surface area contributed by atoms with Gasteiger partial charge in [0, 0.05) is 11.8 Å². The number of benzene rings is 2. The van der Waals surface area contributed by atoms with Crippen LogP contribution in [0.15, 0.2) is 48.5 Å². The van der Waals surface area contributed by atoms with E-state index in [0.717, 1.165) is 0 Å². The van der Waals surface area contributed by atoms with Gasteiger partial charge in [0.15, 0.2) is 0 Å². The first kappa shape index (κ1) is 15.9. The summed E-state index contributed by atoms with van der Waals surface area (Å²) in [5, 5.41) is 2.78. The molecule has 0 spiro atoms. The van der Waals surface area contributed by atoms with Crippen molar-refractivity contribution >= 4 is 23.2 Å². The van der Waals surface area contributed by atoms with Crippen LogP contribution in [0.2, 0.25) is 0 Å². The molecular weight excluding hydrogens is 308 g/mol. The van der Waals surface area contributed by atoms with Crippen molar-refractivity contribution in [2.45, 2.75) is 6.42 Å². The Kier molecular flexibility index (Phi) is 4.65. The molecule has 1 heterocycles. The first-order valence-corrected chi connectivity index (χ1v) is 7.63. The van der Waals surface area contributed by atoms with Crippen molar-refractivity contribution < 1.29 is 19.1 Å². The van der Waals surface area contributed by atoms with Crippen molar-refractivity contribution in [3.8, 4) is 11.5 Å². The Morgan fingerprint density at radius 1 is 1.25 bits per heavy atom. The Balaban J connectivity index is 1.76. The van der Waals surface area contributed by atoms with Crippen LogP contribution in [0.1, 0.15) is 6.42 Å². The van der Waals surface area contributed by atoms with Crippen LogP contribution < -0.4 is 19.7 Å². The number of ether oxygens (including phenoxy) is 2. The molecule has 2 amide bonds. The van der Waals surface area contributed by atoms with Gasteiger partial charge in [0.05, 0.1) is 25.8 Å². The summed E-state index contributed by atoms with van der Waals surface area (Å²) in [7, 11) is 1.56. The lowest BCUT2D eigenvalue weighted by atomic mass is 10.2. The van der Waals surface area contributed by atoms with E-state index in [1.54, 1.807) is 43.5 Å². The summed E-state index contributed by atoms with van der Waals surface area (Å²) in [6.07, 6.45) is 0.237. The fraction of sp³-hybridized carbons (Fsp3) is 0.222. The maximum Gasteiger partial charge on any atom is 0.244 e. The summed E-state index contributed by atoms with van der Waals surface area (Å²) in [6, 6.07) is 14.3. The number of carbonyl (C=O) groups excluding carboxylic acids is 2. The summed E-state index contributed by atoms with van der Waals surface area (Å²) >= 11 is 0. The third-order valence-electron chi connectivity index (χ3n) is 3.69. The fourth-order valence-electron chi connectivity index (χ4n) is 2.54. The van der Waals surface area contributed by atoms with E-state index in [0.29, 0.717) is 29.5 Å². The van der Waals surface area contributed by atoms with Crippen LogP contribution in [0.3, 0.4) is 0 Å². The number of hydrogen-bond donors (Lipinski definition) is 1. The van der Waals surface area contributed by atoms with Crippen molar-refractivity contribution in [2.75, 3.05) is 30.5 Å². The van der Waals surface area contributed by atoms with Gasteiger partial charge in [-0.05, 0) is 24.3 Å². The van der Waals surface area contributed by atoms with Gasteiger partial charge in [0.2, 0.25) is 11.8 Å². The van der Waals surface area contributed by atoms with E-state index < -0.39 is 0 Å². The Bertz CT molecular complexity index is 760. The highest BCUT2D eigenvalue weighted by Crippen LogP contribution is 2.30. The van der Waals surface area contributed by atoms with E-state index in [-0.39, 0.29) is 24.8 Å². The molecule has 0 bridgehead atoms. The molecular formula is C18H18N2O4. The van der Waals surface area contributed by atoms with E-state index in [2.05, 4.69) is 5.32 Å². The summed E-state index contributed by atoms with van der Waals surface area (Å²) in [4.78, 5) is 26.1. The Labute approximate surface area is 140 Å². The molecule has 0 aliphatic carbocycles. The van der Waals surface area contributed by atoms with Crippen molar-refractivity contribution in [1.29, 1.82) is 0 Å². The Morgan fingerprint density at radius 3 is 2.92 bits per heavy atom. The SMILES string of the molecule is COc1cccc(NC(=O)CN2C(=O)CCOc3ccccc32)c1. The molecule has 0 aromatic heterocycles. The molecule has 0 radical (unpaired) electrons. The second-order valence-corrected chi connectivity index (χ2v) is 5.33. The number of anilines is 2. The second-order valence-electron chi connectivity index (χ2n) is 5.33. The molecule has 1 N–H and O–H groups in total. The zero-order chi connectivity index (χ0) is 16.9. The zero-order valence-corrected chi connectivity index (χ0v) is 13.3. The number of para-hydroxylation sites is 2. The quantitative estimate of drug-likeness (QED) is 0.937. The number of nitrogens with zero attached hydrogens (tertiary/aromatic N) is 1. The van der Waals surface area contributed by atoms with E-state index in [9.17, 15) is 9.59 Å². The predicted molar refractivity (Wildman–Crippen MR) is 90.5 cm³/mol. The smallest absolute Gasteiger partial charge is 0.244 e. The number of rotatable bonds is 4. The largest absolute Gasteiger partial charge is 0.497 e. The molecule has 6 heteroatoms. The highest BCUT2D eigenvalue weighted by Gasteiger charge is 2.25. The minimum Gasteiger partial charge on any atom is -0.497 e. The van der Waals surface area contributed by atoms with E-state index in [1.807, 2.05) is 12.1 Å². The van der Waals surface area contributed by atoms with E-state index >= 15 is 0 Å². The molecule has 0 atom stereocenters. The van der Waals surface area contributed by atoms with Crippen molar-refractivity contribution in [3.63, 3.8) is 0 Å². The van der Waals surface area contributed by atoms with Gasteiger partial charge in [-0.15, -0.1) is 0 Å². The highest BCUT2D eigenvalue weighted by atomic mass is 16.5. The molecule has 0 saturated carbocycles. The van der Waals surface area contributed by atoms with Crippen LogP contribution in [0.4, 0.5) is 11.4 Å². The summed E-state index contributed by atoms with van der Waals surface area (Å²) in [6.45, 7) is 0.236. The summed E-state index contributed by atoms with van der Waals surface area (Å²) in [5.41, 5.74) is 1.23. The van der Waals surface area contributed by atoms with Crippen LogP contribution in [0, 0.1) is 0 Å². The first-order chi connectivity index (χ1) is 11.7. The van der Waals surface area contributed by atoms with Crippen LogP contribution >= 0.6 is 0 Å². The lowest BCUT2D eigenvalue weighted by Crippen LogP contribution is -2.37. The molecule has 6 nitrogen and oxygen atoms in total. The van der Waals surface area contributed by atoms with E-state index in [4.69, 9.17) is 9.47 Å². The minimum atomic E-state index is -0.284. The summed E-state index contributed by atoms with van der Waals surface area (Å²) in [5.74, 6) is 0.837. The number of hydrogen-bond acceptors (Lipinski definition) is 4. The topological polar surface area (TPSA) is 67.9 Å². The van der Waals surface area contributed by atoms with Crippen LogP contribution in [-0.2, 0) is 9.59 Å². The van der Waals surface area contributed by atoms with E-state index in [1.165, 1.54) is 4.90 Å². The molecule has 1 aliphatic heterocycles. The zero-order valence-electron chi connectivity index (χ0n) is 13.3. The molecule has 0 unspecified atom stereocenters. The van der Waals surface area contributed by atoms with Crippen LogP contribution in [-0.4, -0.2) is 32.1 Å². The summed E-state index contributed by atoms with van der Waals surface area (Å²) < 4.78 is 10.7. The van der Waals surface area contributed by atoms with Gasteiger partial charge >= 0.3 is 0 Å². The standard InChI is InChI=1S/C18H18N2O4/c1-23-14-6-4-5-13(11-14)19-17(21)12-20-15-7-2-3-8-16(15)24-10-9-18(20)22/h2-8,11H,9-10,12H2,1H3,(H,19,21). The lowest BCUT2D eigenvalue weighted by molar-refractivity contribution is -0.121. The van der Waals surface area contributed by atoms with Gasteiger partial charge in [0.25, 0.3) is 0 Å². The molecule has 3 rings (SSSR count). The lowest BCUT2D eigenvalue weighted by Gasteiger charge is -2.21. The Morgan fingerprint density at radius 2 is 2.08 bits per heavy atom. The minimum absolute atomic E-state index is 0.0730. The van der Waals surface area contributed by atoms with Gasteiger partial charge < -0.3 is 14.8 Å². The number of amides is 2. The number of carbonyl (C=O) groups is 2. The number of methoxy groups -OCH3 is 1. The molecule has 124 valence electrons. The number of nitrogens with one attached hydrogen (secondary N) is 1. The average molecular weight is 326 g/mol. The highest BCUT2D eigenvalue weighted by molar-refractivity contribution is 6.03. The van der Waals surface area contributed by atoms with Crippen molar-refractivity contribution in [1.82, 2.24) is 0 Å². The van der Waals surface area contributed by atoms with Gasteiger partial charge in [-0.1, -0.05) is 18.2 Å². The Hall–Kier alpha value is -3.02. The maximum atomic E-state index is 12.4. The van der Waals surface area contributed by atoms with Crippen molar-refractivity contribution in [3.05, 3.63) is 48.5 Å². The monoisotopic (exact) mass is 326 g/mol. The molecule has 0 fully saturated rings. The van der Waals surface area contributed by atoms with Crippen LogP contribution in [0.25, 0.3) is 0 Å². The third-order valence-corrected chi connectivity index (χ3v) is 3.69. The fourth-order valence-corrected chi connectivity index (χ4v) is 2.54. The maximum absolute atomic E-state index is 12.4. The van der Waals surface area contributed by atoms with Crippen LogP contribution in [0.5, 0.6) is 11.5 Å². The molecule has 2 aromatic carbocycles. The number of fused-ring (bicyclic) bond motifs is 1. The molecule has 24 heavy (non-hydrogen) atoms. The third kappa shape index (κ3) is 3.48. The van der Waals surface area contributed by atoms with Gasteiger partial charge in [0.1, 0.15) is 18.0 Å². The van der Waals surface area contributed by atoms with Gasteiger partial charge in [-0.2, -0.15) is 0 Å². The van der Waals surface area contributed by atoms with Gasteiger partial charge in [-0.3, -0.25) is 14.5 Å².